The molecule has 1 aromatic rings. The first-order valence-corrected chi connectivity index (χ1v) is 5.62. The van der Waals surface area contributed by atoms with Crippen molar-refractivity contribution in [3.63, 3.8) is 0 Å². The third-order valence-electron chi connectivity index (χ3n) is 2.27. The second-order valence-electron chi connectivity index (χ2n) is 3.83. The molecule has 0 saturated heterocycles. The number of ether oxygens (including phenoxy) is 1. The van der Waals surface area contributed by atoms with E-state index in [0.717, 1.165) is 12.1 Å². The molecule has 1 amide bonds. The van der Waals surface area contributed by atoms with Crippen molar-refractivity contribution >= 4 is 17.6 Å². The van der Waals surface area contributed by atoms with Crippen LogP contribution in [0.15, 0.2) is 24.3 Å². The van der Waals surface area contributed by atoms with Crippen LogP contribution in [-0.4, -0.2) is 30.6 Å². The molecule has 4 nitrogen and oxygen atoms in total. The number of carbonyl (C=O) groups is 2. The molecule has 0 bridgehead atoms. The number of nitrogens with one attached hydrogen (secondary N) is 1. The molecule has 21 heavy (non-hydrogen) atoms. The molecule has 0 aliphatic heterocycles. The fourth-order valence-electron chi connectivity index (χ4n) is 1.28. The van der Waals surface area contributed by atoms with E-state index in [2.05, 4.69) is 4.74 Å². The Balaban J connectivity index is 2.92. The van der Waals surface area contributed by atoms with Gasteiger partial charge in [0.05, 0.1) is 12.2 Å². The van der Waals surface area contributed by atoms with E-state index >= 15 is 0 Å². The molecule has 0 fully saturated rings. The summed E-state index contributed by atoms with van der Waals surface area (Å²) < 4.78 is 66.2. The Kier molecular flexibility index (Phi) is 4.87. The van der Waals surface area contributed by atoms with Crippen LogP contribution in [-0.2, 0) is 9.53 Å². The third-order valence-corrected chi connectivity index (χ3v) is 2.27. The Hall–Kier alpha value is -2.19. The van der Waals surface area contributed by atoms with Crippen molar-refractivity contribution in [3.05, 3.63) is 29.8 Å². The SMILES string of the molecule is CCOC(=O)c1cccc(NC(=O)C(F)(F)C(F)(F)F)c1. The molecule has 0 aromatic heterocycles. The lowest BCUT2D eigenvalue weighted by Gasteiger charge is -2.18. The summed E-state index contributed by atoms with van der Waals surface area (Å²) in [6.07, 6.45) is -6.00. The van der Waals surface area contributed by atoms with E-state index in [1.54, 1.807) is 0 Å². The molecule has 0 heterocycles. The second kappa shape index (κ2) is 6.06. The molecular weight excluding hydrogens is 301 g/mol. The summed E-state index contributed by atoms with van der Waals surface area (Å²) in [6, 6.07) is 4.46. The molecule has 1 N–H and O–H groups in total. The van der Waals surface area contributed by atoms with Crippen LogP contribution in [0.4, 0.5) is 27.6 Å². The molecule has 0 aliphatic carbocycles. The predicted molar refractivity (Wildman–Crippen MR) is 62.0 cm³/mol. The zero-order valence-corrected chi connectivity index (χ0v) is 10.6. The normalized spacial score (nSPS) is 11.9. The Morgan fingerprint density at radius 2 is 1.81 bits per heavy atom. The number of benzene rings is 1. The van der Waals surface area contributed by atoms with E-state index in [4.69, 9.17) is 0 Å². The molecule has 0 saturated carbocycles. The largest absolute Gasteiger partial charge is 0.463 e. The van der Waals surface area contributed by atoms with Crippen LogP contribution < -0.4 is 5.32 Å². The maximum atomic E-state index is 12.8. The van der Waals surface area contributed by atoms with Crippen LogP contribution >= 0.6 is 0 Å². The van der Waals surface area contributed by atoms with Gasteiger partial charge in [-0.2, -0.15) is 22.0 Å². The highest BCUT2D eigenvalue weighted by atomic mass is 19.4. The van der Waals surface area contributed by atoms with Crippen molar-refractivity contribution < 1.29 is 36.3 Å². The van der Waals surface area contributed by atoms with Gasteiger partial charge in [0.25, 0.3) is 0 Å². The first kappa shape index (κ1) is 16.9. The van der Waals surface area contributed by atoms with Crippen LogP contribution in [0.5, 0.6) is 0 Å². The lowest BCUT2D eigenvalue weighted by atomic mass is 10.2. The Labute approximate surface area is 115 Å². The average Bonchev–Trinajstić information content (AvgIpc) is 2.38. The molecule has 1 rings (SSSR count). The number of amides is 1. The van der Waals surface area contributed by atoms with Crippen molar-refractivity contribution in [2.75, 3.05) is 11.9 Å². The van der Waals surface area contributed by atoms with E-state index in [-0.39, 0.29) is 17.9 Å². The van der Waals surface area contributed by atoms with Gasteiger partial charge in [0, 0.05) is 5.69 Å². The monoisotopic (exact) mass is 311 g/mol. The van der Waals surface area contributed by atoms with Crippen LogP contribution in [0.3, 0.4) is 0 Å². The minimum atomic E-state index is -6.00. The number of rotatable bonds is 4. The maximum absolute atomic E-state index is 12.8. The van der Waals surface area contributed by atoms with Gasteiger partial charge in [-0.15, -0.1) is 0 Å². The Morgan fingerprint density at radius 1 is 1.19 bits per heavy atom. The summed E-state index contributed by atoms with van der Waals surface area (Å²) >= 11 is 0. The minimum absolute atomic E-state index is 0.0571. The zero-order valence-electron chi connectivity index (χ0n) is 10.6. The molecule has 116 valence electrons. The molecule has 9 heteroatoms. The summed E-state index contributed by atoms with van der Waals surface area (Å²) in [5.74, 6) is -8.86. The lowest BCUT2D eigenvalue weighted by Crippen LogP contribution is -2.47. The number of hydrogen-bond donors (Lipinski definition) is 1. The quantitative estimate of drug-likeness (QED) is 0.687. The number of alkyl halides is 5. The zero-order chi connectivity index (χ0) is 16.3. The van der Waals surface area contributed by atoms with Gasteiger partial charge in [0.1, 0.15) is 0 Å². The highest BCUT2D eigenvalue weighted by molar-refractivity contribution is 5.98. The summed E-state index contributed by atoms with van der Waals surface area (Å²) in [4.78, 5) is 22.4. The summed E-state index contributed by atoms with van der Waals surface area (Å²) in [6.45, 7) is 1.59. The molecule has 0 radical (unpaired) electrons. The topological polar surface area (TPSA) is 55.4 Å². The average molecular weight is 311 g/mol. The van der Waals surface area contributed by atoms with E-state index in [1.165, 1.54) is 24.4 Å². The Bertz CT molecular complexity index is 542. The first-order chi connectivity index (χ1) is 9.59. The first-order valence-electron chi connectivity index (χ1n) is 5.62. The van der Waals surface area contributed by atoms with Crippen LogP contribution in [0.25, 0.3) is 0 Å². The van der Waals surface area contributed by atoms with Crippen molar-refractivity contribution in [2.24, 2.45) is 0 Å². The standard InChI is InChI=1S/C12H10F5NO3/c1-2-21-9(19)7-4-3-5-8(6-7)18-10(20)11(13,14)12(15,16)17/h3-6H,2H2,1H3,(H,18,20). The van der Waals surface area contributed by atoms with Gasteiger partial charge in [-0.1, -0.05) is 6.07 Å². The Morgan fingerprint density at radius 3 is 2.33 bits per heavy atom. The molecule has 0 unspecified atom stereocenters. The van der Waals surface area contributed by atoms with E-state index in [9.17, 15) is 31.5 Å². The number of halogens is 5. The molecule has 0 spiro atoms. The smallest absolute Gasteiger partial charge is 0.462 e. The fraction of sp³-hybridized carbons (Fsp3) is 0.333. The van der Waals surface area contributed by atoms with Gasteiger partial charge in [-0.3, -0.25) is 4.79 Å². The fourth-order valence-corrected chi connectivity index (χ4v) is 1.28. The third kappa shape index (κ3) is 3.89. The van der Waals surface area contributed by atoms with Gasteiger partial charge in [0.15, 0.2) is 0 Å². The lowest BCUT2D eigenvalue weighted by molar-refractivity contribution is -0.267. The highest BCUT2D eigenvalue weighted by Crippen LogP contribution is 2.36. The van der Waals surface area contributed by atoms with Crippen LogP contribution in [0.1, 0.15) is 17.3 Å². The van der Waals surface area contributed by atoms with Crippen molar-refractivity contribution in [1.82, 2.24) is 0 Å². The van der Waals surface area contributed by atoms with Crippen molar-refractivity contribution in [3.8, 4) is 0 Å². The second-order valence-corrected chi connectivity index (χ2v) is 3.83. The number of anilines is 1. The van der Waals surface area contributed by atoms with Crippen LogP contribution in [0, 0.1) is 0 Å². The molecule has 0 aliphatic rings. The van der Waals surface area contributed by atoms with Gasteiger partial charge in [-0.05, 0) is 25.1 Å². The summed E-state index contributed by atoms with van der Waals surface area (Å²) in [5.41, 5.74) is -0.473. The molecular formula is C12H10F5NO3. The predicted octanol–water partition coefficient (Wildman–Crippen LogP) is 3.00. The number of hydrogen-bond acceptors (Lipinski definition) is 3. The number of carbonyl (C=O) groups excluding carboxylic acids is 2. The van der Waals surface area contributed by atoms with Gasteiger partial charge < -0.3 is 10.1 Å². The summed E-state index contributed by atoms with van der Waals surface area (Å²) in [7, 11) is 0. The van der Waals surface area contributed by atoms with Gasteiger partial charge in [-0.25, -0.2) is 4.79 Å². The van der Waals surface area contributed by atoms with E-state index in [1.807, 2.05) is 0 Å². The van der Waals surface area contributed by atoms with Crippen LogP contribution in [0.2, 0.25) is 0 Å². The maximum Gasteiger partial charge on any atom is 0.463 e. The highest BCUT2D eigenvalue weighted by Gasteiger charge is 2.63. The van der Waals surface area contributed by atoms with Crippen molar-refractivity contribution in [2.45, 2.75) is 19.0 Å². The van der Waals surface area contributed by atoms with E-state index < -0.39 is 24.0 Å². The van der Waals surface area contributed by atoms with Crippen molar-refractivity contribution in [1.29, 1.82) is 0 Å². The van der Waals surface area contributed by atoms with E-state index in [0.29, 0.717) is 0 Å². The summed E-state index contributed by atoms with van der Waals surface area (Å²) in [5, 5.41) is 1.41. The van der Waals surface area contributed by atoms with Gasteiger partial charge >= 0.3 is 24.0 Å². The molecule has 0 atom stereocenters. The minimum Gasteiger partial charge on any atom is -0.462 e. The number of esters is 1. The van der Waals surface area contributed by atoms with Gasteiger partial charge in [0.2, 0.25) is 0 Å². The molecule has 1 aromatic carbocycles.